The monoisotopic (exact) mass is 498 g/mol. The van der Waals surface area contributed by atoms with E-state index in [1.165, 1.54) is 19.2 Å². The van der Waals surface area contributed by atoms with Crippen molar-refractivity contribution in [1.29, 1.82) is 0 Å². The Morgan fingerprint density at radius 1 is 1.06 bits per heavy atom. The van der Waals surface area contributed by atoms with Crippen molar-refractivity contribution in [3.63, 3.8) is 0 Å². The minimum atomic E-state index is -0.506. The summed E-state index contributed by atoms with van der Waals surface area (Å²) in [5.41, 5.74) is 3.02. The second kappa shape index (κ2) is 10.3. The zero-order chi connectivity index (χ0) is 25.1. The van der Waals surface area contributed by atoms with E-state index >= 15 is 0 Å². The number of benzene rings is 2. The molecule has 1 N–H and O–H groups in total. The zero-order valence-corrected chi connectivity index (χ0v) is 21.0. The maximum Gasteiger partial charge on any atom is 0.258 e. The van der Waals surface area contributed by atoms with Gasteiger partial charge in [-0.2, -0.15) is 4.98 Å². The molecule has 0 bridgehead atoms. The number of allylic oxidation sites excluding steroid dienone is 1. The van der Waals surface area contributed by atoms with E-state index in [0.29, 0.717) is 28.1 Å². The second-order valence-electron chi connectivity index (χ2n) is 7.92. The highest BCUT2D eigenvalue weighted by Crippen LogP contribution is 2.40. The average molecular weight is 499 g/mol. The highest BCUT2D eigenvalue weighted by atomic mass is 32.1. The van der Waals surface area contributed by atoms with Gasteiger partial charge in [0.2, 0.25) is 5.82 Å². The summed E-state index contributed by atoms with van der Waals surface area (Å²) in [6.45, 7) is 4.78. The minimum Gasteiger partial charge on any atom is -0.494 e. The molecule has 184 valence electrons. The van der Waals surface area contributed by atoms with Crippen LogP contribution in [0.3, 0.4) is 0 Å². The van der Waals surface area contributed by atoms with Gasteiger partial charge in [0.05, 0.1) is 32.9 Å². The third-order valence-electron chi connectivity index (χ3n) is 5.85. The summed E-state index contributed by atoms with van der Waals surface area (Å²) in [6, 6.07) is 9.80. The number of ether oxygens (including phenoxy) is 3. The van der Waals surface area contributed by atoms with Crippen molar-refractivity contribution in [1.82, 2.24) is 20.4 Å². The Morgan fingerprint density at radius 2 is 1.77 bits per heavy atom. The summed E-state index contributed by atoms with van der Waals surface area (Å²) in [7, 11) is 4.59. The SMILES string of the molecule is CCCN1C(=S)NC(c2ccc(OC)c(OC)c2)C(c2nc(-c3ccc(OC)c(F)c3)no2)=C1C. The van der Waals surface area contributed by atoms with Gasteiger partial charge in [0, 0.05) is 17.8 Å². The van der Waals surface area contributed by atoms with Crippen LogP contribution < -0.4 is 19.5 Å². The first-order chi connectivity index (χ1) is 16.9. The quantitative estimate of drug-likeness (QED) is 0.433. The summed E-state index contributed by atoms with van der Waals surface area (Å²) in [5, 5.41) is 8.13. The van der Waals surface area contributed by atoms with Crippen LogP contribution in [0.15, 0.2) is 46.6 Å². The van der Waals surface area contributed by atoms with Crippen molar-refractivity contribution < 1.29 is 23.1 Å². The topological polar surface area (TPSA) is 81.9 Å². The van der Waals surface area contributed by atoms with Gasteiger partial charge in [-0.1, -0.05) is 18.1 Å². The van der Waals surface area contributed by atoms with Gasteiger partial charge in [0.25, 0.3) is 5.89 Å². The molecule has 1 atom stereocenters. The van der Waals surface area contributed by atoms with E-state index in [2.05, 4.69) is 22.4 Å². The molecule has 8 nitrogen and oxygen atoms in total. The zero-order valence-electron chi connectivity index (χ0n) is 20.2. The molecule has 4 rings (SSSR count). The van der Waals surface area contributed by atoms with E-state index in [4.69, 9.17) is 31.0 Å². The number of nitrogens with one attached hydrogen (secondary N) is 1. The molecule has 0 saturated carbocycles. The van der Waals surface area contributed by atoms with Crippen molar-refractivity contribution in [3.8, 4) is 28.6 Å². The second-order valence-corrected chi connectivity index (χ2v) is 8.31. The highest BCUT2D eigenvalue weighted by molar-refractivity contribution is 7.80. The summed E-state index contributed by atoms with van der Waals surface area (Å²) < 4.78 is 35.9. The van der Waals surface area contributed by atoms with Gasteiger partial charge in [-0.15, -0.1) is 0 Å². The van der Waals surface area contributed by atoms with Gasteiger partial charge < -0.3 is 29.0 Å². The van der Waals surface area contributed by atoms with Crippen LogP contribution in [0.4, 0.5) is 4.39 Å². The van der Waals surface area contributed by atoms with Crippen LogP contribution in [0.5, 0.6) is 17.2 Å². The van der Waals surface area contributed by atoms with Gasteiger partial charge in [0.15, 0.2) is 28.2 Å². The van der Waals surface area contributed by atoms with Crippen molar-refractivity contribution in [2.45, 2.75) is 26.3 Å². The normalized spacial score (nSPS) is 15.8. The Bertz CT molecular complexity index is 1280. The van der Waals surface area contributed by atoms with E-state index in [1.807, 2.05) is 30.0 Å². The Hall–Kier alpha value is -3.66. The lowest BCUT2D eigenvalue weighted by Gasteiger charge is -2.37. The Morgan fingerprint density at radius 3 is 2.43 bits per heavy atom. The number of thiocarbonyl (C=S) groups is 1. The lowest BCUT2D eigenvalue weighted by atomic mass is 9.94. The summed E-state index contributed by atoms with van der Waals surface area (Å²) in [6.07, 6.45) is 0.897. The molecule has 3 aromatic rings. The Balaban J connectivity index is 1.81. The Kier molecular flexibility index (Phi) is 7.20. The lowest BCUT2D eigenvalue weighted by Crippen LogP contribution is -2.46. The fourth-order valence-corrected chi connectivity index (χ4v) is 4.44. The molecule has 0 radical (unpaired) electrons. The molecule has 2 heterocycles. The first kappa shape index (κ1) is 24.5. The van der Waals surface area contributed by atoms with Gasteiger partial charge in [-0.05, 0) is 61.5 Å². The van der Waals surface area contributed by atoms with Gasteiger partial charge in [-0.3, -0.25) is 0 Å². The predicted molar refractivity (Wildman–Crippen MR) is 134 cm³/mol. The number of nitrogens with zero attached hydrogens (tertiary/aromatic N) is 3. The first-order valence-corrected chi connectivity index (χ1v) is 11.5. The maximum absolute atomic E-state index is 14.3. The van der Waals surface area contributed by atoms with Crippen LogP contribution in [0, 0.1) is 5.82 Å². The molecule has 0 spiro atoms. The fourth-order valence-electron chi connectivity index (χ4n) is 4.09. The molecule has 0 amide bonds. The van der Waals surface area contributed by atoms with Crippen LogP contribution in [-0.2, 0) is 0 Å². The van der Waals surface area contributed by atoms with Crippen LogP contribution >= 0.6 is 12.2 Å². The molecule has 0 saturated heterocycles. The molecule has 1 aromatic heterocycles. The number of aromatic nitrogens is 2. The van der Waals surface area contributed by atoms with Crippen molar-refractivity contribution in [3.05, 3.63) is 59.4 Å². The number of halogens is 1. The molecule has 1 unspecified atom stereocenters. The third-order valence-corrected chi connectivity index (χ3v) is 6.19. The lowest BCUT2D eigenvalue weighted by molar-refractivity contribution is 0.354. The van der Waals surface area contributed by atoms with E-state index < -0.39 is 5.82 Å². The smallest absolute Gasteiger partial charge is 0.258 e. The predicted octanol–water partition coefficient (Wildman–Crippen LogP) is 4.97. The molecular weight excluding hydrogens is 471 g/mol. The van der Waals surface area contributed by atoms with Crippen LogP contribution in [0.2, 0.25) is 0 Å². The standard InChI is InChI=1S/C25H27FN4O4S/c1-6-11-30-14(2)21(22(27-25(30)35)15-7-10-19(32-4)20(13-15)33-5)24-28-23(29-34-24)16-8-9-18(31-3)17(26)12-16/h7-10,12-13,22H,6,11H2,1-5H3,(H,27,35). The van der Waals surface area contributed by atoms with Crippen molar-refractivity contribution in [2.75, 3.05) is 27.9 Å². The molecular formula is C25H27FN4O4S. The van der Waals surface area contributed by atoms with E-state index in [9.17, 15) is 4.39 Å². The molecule has 1 aliphatic heterocycles. The summed E-state index contributed by atoms with van der Waals surface area (Å²) in [4.78, 5) is 6.63. The molecule has 35 heavy (non-hydrogen) atoms. The number of hydrogen-bond donors (Lipinski definition) is 1. The van der Waals surface area contributed by atoms with Gasteiger partial charge >= 0.3 is 0 Å². The fraction of sp³-hybridized carbons (Fsp3) is 0.320. The van der Waals surface area contributed by atoms with E-state index in [1.54, 1.807) is 20.3 Å². The Labute approximate surface area is 208 Å². The molecule has 0 aliphatic carbocycles. The maximum atomic E-state index is 14.3. The number of rotatable bonds is 8. The van der Waals surface area contributed by atoms with E-state index in [0.717, 1.165) is 29.8 Å². The highest BCUT2D eigenvalue weighted by Gasteiger charge is 2.34. The summed E-state index contributed by atoms with van der Waals surface area (Å²) in [5.74, 6) is 1.42. The third kappa shape index (κ3) is 4.66. The summed E-state index contributed by atoms with van der Waals surface area (Å²) >= 11 is 5.68. The molecule has 10 heteroatoms. The average Bonchev–Trinajstić information content (AvgIpc) is 3.35. The molecule has 1 aliphatic rings. The van der Waals surface area contributed by atoms with Crippen molar-refractivity contribution >= 4 is 22.9 Å². The van der Waals surface area contributed by atoms with E-state index in [-0.39, 0.29) is 17.6 Å². The molecule has 0 fully saturated rings. The van der Waals surface area contributed by atoms with Crippen LogP contribution in [0.25, 0.3) is 17.0 Å². The minimum absolute atomic E-state index is 0.143. The largest absolute Gasteiger partial charge is 0.494 e. The van der Waals surface area contributed by atoms with Gasteiger partial charge in [-0.25, -0.2) is 4.39 Å². The van der Waals surface area contributed by atoms with Crippen molar-refractivity contribution in [2.24, 2.45) is 0 Å². The first-order valence-electron chi connectivity index (χ1n) is 11.1. The van der Waals surface area contributed by atoms with Crippen LogP contribution in [-0.4, -0.2) is 48.0 Å². The van der Waals surface area contributed by atoms with Gasteiger partial charge in [0.1, 0.15) is 0 Å². The van der Waals surface area contributed by atoms with Crippen LogP contribution in [0.1, 0.15) is 37.8 Å². The number of hydrogen-bond acceptors (Lipinski definition) is 7. The number of methoxy groups -OCH3 is 3. The molecule has 2 aromatic carbocycles.